The number of likely N-dealkylation sites (tertiary alicyclic amines) is 1. The van der Waals surface area contributed by atoms with Gasteiger partial charge in [0.15, 0.2) is 5.82 Å². The number of alkyl halides is 6. The second-order valence-electron chi connectivity index (χ2n) is 12.3. The minimum Gasteiger partial charge on any atom is -0.475 e. The van der Waals surface area contributed by atoms with Crippen molar-refractivity contribution in [2.24, 2.45) is 5.92 Å². The number of amides is 3. The molecular formula is C35H32ClF7N8O6. The van der Waals surface area contributed by atoms with Crippen LogP contribution < -0.4 is 21.3 Å². The van der Waals surface area contributed by atoms with Crippen molar-refractivity contribution in [1.82, 2.24) is 19.9 Å². The van der Waals surface area contributed by atoms with Gasteiger partial charge in [0.25, 0.3) is 0 Å². The minimum absolute atomic E-state index is 0.0783. The smallest absolute Gasteiger partial charge is 0.475 e. The number of aryl methyl sites for hydroxylation is 2. The topological polar surface area (TPSA) is 199 Å². The number of halogens is 8. The summed E-state index contributed by atoms with van der Waals surface area (Å²) in [5.74, 6) is -5.08. The molecule has 6 rings (SSSR count). The average Bonchev–Trinajstić information content (AvgIpc) is 3.14. The molecular weight excluding hydrogens is 797 g/mol. The summed E-state index contributed by atoms with van der Waals surface area (Å²) in [6, 6.07) is 13.5. The lowest BCUT2D eigenvalue weighted by molar-refractivity contribution is -0.193. The number of anilines is 6. The number of aliphatic carboxylic acids is 2. The Kier molecular flexibility index (Phi) is 14.5. The first kappa shape index (κ1) is 43.5. The molecule has 1 saturated heterocycles. The van der Waals surface area contributed by atoms with Gasteiger partial charge in [-0.25, -0.2) is 23.8 Å². The average molecular weight is 829 g/mol. The molecule has 3 amide bonds. The quantitative estimate of drug-likeness (QED) is 0.110. The molecule has 0 atom stereocenters. The predicted octanol–water partition coefficient (Wildman–Crippen LogP) is 7.79. The van der Waals surface area contributed by atoms with Crippen molar-refractivity contribution in [1.29, 1.82) is 0 Å². The third-order valence-corrected chi connectivity index (χ3v) is 8.37. The van der Waals surface area contributed by atoms with E-state index in [0.717, 1.165) is 28.2 Å². The number of carbonyl (C=O) groups is 4. The summed E-state index contributed by atoms with van der Waals surface area (Å²) in [7, 11) is 0. The first-order valence-corrected chi connectivity index (χ1v) is 17.0. The molecule has 0 aliphatic carbocycles. The first-order valence-electron chi connectivity index (χ1n) is 16.6. The van der Waals surface area contributed by atoms with E-state index < -0.39 is 30.1 Å². The van der Waals surface area contributed by atoms with E-state index >= 15 is 0 Å². The van der Waals surface area contributed by atoms with Gasteiger partial charge in [-0.05, 0) is 79.1 Å². The van der Waals surface area contributed by atoms with E-state index in [0.29, 0.717) is 62.0 Å². The number of fused-ring (bicyclic) bond motifs is 6. The van der Waals surface area contributed by atoms with Gasteiger partial charge in [-0.2, -0.15) is 31.3 Å². The lowest BCUT2D eigenvalue weighted by Crippen LogP contribution is -2.41. The molecule has 14 nitrogen and oxygen atoms in total. The summed E-state index contributed by atoms with van der Waals surface area (Å²) in [5, 5.41) is 26.8. The number of carbonyl (C=O) groups excluding carboxylic acids is 2. The van der Waals surface area contributed by atoms with Gasteiger partial charge in [0.1, 0.15) is 10.8 Å². The zero-order valence-corrected chi connectivity index (χ0v) is 30.0. The van der Waals surface area contributed by atoms with Crippen LogP contribution in [0.4, 0.5) is 70.0 Å². The van der Waals surface area contributed by atoms with Crippen LogP contribution in [0.25, 0.3) is 0 Å². The monoisotopic (exact) mass is 828 g/mol. The van der Waals surface area contributed by atoms with Gasteiger partial charge in [0.2, 0.25) is 11.9 Å². The van der Waals surface area contributed by atoms with Crippen LogP contribution in [-0.2, 0) is 27.2 Å². The van der Waals surface area contributed by atoms with Crippen LogP contribution in [0.3, 0.4) is 0 Å². The van der Waals surface area contributed by atoms with Crippen LogP contribution in [0.15, 0.2) is 67.1 Å². The van der Waals surface area contributed by atoms with E-state index in [2.05, 4.69) is 36.2 Å². The van der Waals surface area contributed by atoms with Crippen molar-refractivity contribution in [3.05, 3.63) is 89.1 Å². The molecule has 304 valence electrons. The van der Waals surface area contributed by atoms with E-state index in [9.17, 15) is 40.3 Å². The van der Waals surface area contributed by atoms with E-state index in [1.54, 1.807) is 23.2 Å². The molecule has 1 fully saturated rings. The largest absolute Gasteiger partial charge is 0.490 e. The molecule has 6 N–H and O–H groups in total. The summed E-state index contributed by atoms with van der Waals surface area (Å²) < 4.78 is 77.4. The highest BCUT2D eigenvalue weighted by molar-refractivity contribution is 6.32. The van der Waals surface area contributed by atoms with Gasteiger partial charge in [0, 0.05) is 37.1 Å². The van der Waals surface area contributed by atoms with Crippen LogP contribution in [0.1, 0.15) is 30.4 Å². The first-order chi connectivity index (χ1) is 26.8. The maximum absolute atomic E-state index is 13.9. The Morgan fingerprint density at radius 3 is 2.11 bits per heavy atom. The standard InChI is InChI=1S/C31H30ClFN8O2.2C2HF3O2/c32-24-18-35-30-37-23-13-20(16-34-17-23)5-6-21-15-22(36-29(24)40-30)7-8-26(21)38-28(42)14-19-9-11-41(12-10-19)31(43)39-27-4-2-1-3-25(27)33;2*3-2(4,5)1(6)7/h1-4,7-8,13,15-19H,5-6,9-12,14H2,(H,38,42)(H,39,43)(H2,35,36,37,40);2*(H,6,7). The Bertz CT molecular complexity index is 2060. The van der Waals surface area contributed by atoms with Crippen LogP contribution in [0, 0.1) is 11.7 Å². The Balaban J connectivity index is 0.000000440. The summed E-state index contributed by atoms with van der Waals surface area (Å²) >= 11 is 6.37. The molecule has 2 aromatic heterocycles. The normalized spacial score (nSPS) is 13.9. The molecule has 2 aromatic carbocycles. The van der Waals surface area contributed by atoms with Crippen molar-refractivity contribution in [2.45, 2.75) is 44.5 Å². The fourth-order valence-corrected chi connectivity index (χ4v) is 5.45. The molecule has 2 aliphatic rings. The molecule has 0 unspecified atom stereocenters. The fourth-order valence-electron chi connectivity index (χ4n) is 5.31. The third kappa shape index (κ3) is 13.5. The predicted molar refractivity (Wildman–Crippen MR) is 192 cm³/mol. The second kappa shape index (κ2) is 19.1. The third-order valence-electron chi connectivity index (χ3n) is 8.10. The number of hydrogen-bond donors (Lipinski definition) is 6. The summed E-state index contributed by atoms with van der Waals surface area (Å²) in [4.78, 5) is 58.4. The van der Waals surface area contributed by atoms with Crippen LogP contribution in [0.2, 0.25) is 5.02 Å². The van der Waals surface area contributed by atoms with Crippen molar-refractivity contribution in [3.8, 4) is 0 Å². The SMILES string of the molecule is O=C(CC1CCN(C(=O)Nc2ccccc2F)CC1)Nc1ccc2cc1CCc1cncc(c1)Nc1ncc(Cl)c(n1)N2.O=C(O)C(F)(F)F.O=C(O)C(F)(F)F. The molecule has 6 bridgehead atoms. The number of rotatable bonds is 4. The number of benzene rings is 2. The summed E-state index contributed by atoms with van der Waals surface area (Å²) in [6.45, 7) is 0.998. The number of aromatic nitrogens is 3. The zero-order valence-electron chi connectivity index (χ0n) is 29.2. The number of pyridine rings is 1. The van der Waals surface area contributed by atoms with Gasteiger partial charge in [-0.1, -0.05) is 23.7 Å². The number of hydrogen-bond acceptors (Lipinski definition) is 9. The highest BCUT2D eigenvalue weighted by atomic mass is 35.5. The fraction of sp³-hybridized carbons (Fsp3) is 0.286. The Labute approximate surface area is 323 Å². The van der Waals surface area contributed by atoms with Crippen molar-refractivity contribution < 1.29 is 60.1 Å². The minimum atomic E-state index is -5.08. The van der Waals surface area contributed by atoms with Gasteiger partial charge in [-0.3, -0.25) is 9.78 Å². The summed E-state index contributed by atoms with van der Waals surface area (Å²) in [6.07, 6.45) is -2.00. The van der Waals surface area contributed by atoms with Crippen molar-refractivity contribution >= 4 is 70.0 Å². The molecule has 4 aromatic rings. The number of urea groups is 1. The van der Waals surface area contributed by atoms with Gasteiger partial charge in [-0.15, -0.1) is 0 Å². The van der Waals surface area contributed by atoms with E-state index in [1.165, 1.54) is 18.3 Å². The highest BCUT2D eigenvalue weighted by Gasteiger charge is 2.39. The number of para-hydroxylation sites is 1. The molecule has 57 heavy (non-hydrogen) atoms. The Morgan fingerprint density at radius 1 is 0.825 bits per heavy atom. The maximum Gasteiger partial charge on any atom is 0.490 e. The van der Waals surface area contributed by atoms with Gasteiger partial charge < -0.3 is 36.4 Å². The Morgan fingerprint density at radius 2 is 1.47 bits per heavy atom. The molecule has 0 radical (unpaired) electrons. The number of piperidine rings is 1. The van der Waals surface area contributed by atoms with E-state index in [4.69, 9.17) is 31.4 Å². The van der Waals surface area contributed by atoms with Gasteiger partial charge in [0.05, 0.1) is 23.8 Å². The zero-order chi connectivity index (χ0) is 41.9. The van der Waals surface area contributed by atoms with Gasteiger partial charge >= 0.3 is 30.3 Å². The Hall–Kier alpha value is -6.25. The number of carboxylic acids is 2. The molecule has 4 heterocycles. The van der Waals surface area contributed by atoms with Crippen molar-refractivity contribution in [2.75, 3.05) is 34.4 Å². The number of nitrogens with one attached hydrogen (secondary N) is 4. The highest BCUT2D eigenvalue weighted by Crippen LogP contribution is 2.30. The second-order valence-corrected chi connectivity index (χ2v) is 12.7. The molecule has 0 saturated carbocycles. The molecule has 22 heteroatoms. The lowest BCUT2D eigenvalue weighted by atomic mass is 9.93. The molecule has 2 aliphatic heterocycles. The molecule has 0 spiro atoms. The van der Waals surface area contributed by atoms with Crippen molar-refractivity contribution in [3.63, 3.8) is 0 Å². The van der Waals surface area contributed by atoms with Crippen LogP contribution in [-0.4, -0.2) is 79.4 Å². The number of carboxylic acid groups (broad SMARTS) is 2. The summed E-state index contributed by atoms with van der Waals surface area (Å²) in [5.41, 5.74) is 4.43. The van der Waals surface area contributed by atoms with Crippen LogP contribution >= 0.6 is 11.6 Å². The lowest BCUT2D eigenvalue weighted by Gasteiger charge is -2.31. The van der Waals surface area contributed by atoms with E-state index in [1.807, 2.05) is 30.5 Å². The maximum atomic E-state index is 13.9. The van der Waals surface area contributed by atoms with Crippen LogP contribution in [0.5, 0.6) is 0 Å². The van der Waals surface area contributed by atoms with E-state index in [-0.39, 0.29) is 23.5 Å². The number of nitrogens with zero attached hydrogens (tertiary/aromatic N) is 4.